The molecule has 2 aliphatic heterocycles. The Morgan fingerprint density at radius 1 is 1.06 bits per heavy atom. The zero-order chi connectivity index (χ0) is 20.8. The van der Waals surface area contributed by atoms with Crippen molar-refractivity contribution in [3.63, 3.8) is 0 Å². The SMILES string of the molecule is Cc1cccc(-c2[nH]cnc2-c2ccc3ncc(N4CC5(CCCNC5)C4)cc3c2)n1. The Labute approximate surface area is 181 Å². The van der Waals surface area contributed by atoms with Crippen LogP contribution in [0.25, 0.3) is 33.5 Å². The summed E-state index contributed by atoms with van der Waals surface area (Å²) in [6.07, 6.45) is 6.37. The molecule has 5 heterocycles. The maximum absolute atomic E-state index is 4.73. The number of aromatic nitrogens is 4. The second-order valence-corrected chi connectivity index (χ2v) is 9.03. The second-order valence-electron chi connectivity index (χ2n) is 9.03. The van der Waals surface area contributed by atoms with Gasteiger partial charge in [0, 0.05) is 41.7 Å². The molecule has 6 nitrogen and oxygen atoms in total. The predicted molar refractivity (Wildman–Crippen MR) is 124 cm³/mol. The average molecular weight is 411 g/mol. The molecule has 0 aliphatic carbocycles. The third-order valence-electron chi connectivity index (χ3n) is 6.70. The largest absolute Gasteiger partial charge is 0.369 e. The molecule has 0 unspecified atom stereocenters. The molecule has 1 spiro atoms. The fourth-order valence-electron chi connectivity index (χ4n) is 5.08. The topological polar surface area (TPSA) is 69.7 Å². The van der Waals surface area contributed by atoms with Gasteiger partial charge in [0.15, 0.2) is 0 Å². The summed E-state index contributed by atoms with van der Waals surface area (Å²) in [5.74, 6) is 0. The van der Waals surface area contributed by atoms with E-state index in [4.69, 9.17) is 4.98 Å². The van der Waals surface area contributed by atoms with Gasteiger partial charge in [-0.05, 0) is 56.6 Å². The number of anilines is 1. The minimum absolute atomic E-state index is 0.458. The summed E-state index contributed by atoms with van der Waals surface area (Å²) in [7, 11) is 0. The number of nitrogens with zero attached hydrogens (tertiary/aromatic N) is 4. The fourth-order valence-corrected chi connectivity index (χ4v) is 5.08. The number of aromatic amines is 1. The Morgan fingerprint density at radius 2 is 2.00 bits per heavy atom. The summed E-state index contributed by atoms with van der Waals surface area (Å²) in [4.78, 5) is 19.7. The van der Waals surface area contributed by atoms with Crippen molar-refractivity contribution >= 4 is 16.6 Å². The predicted octanol–water partition coefficient (Wildman–Crippen LogP) is 4.19. The molecule has 2 N–H and O–H groups in total. The summed E-state index contributed by atoms with van der Waals surface area (Å²) in [6, 6.07) is 14.7. The number of hydrogen-bond donors (Lipinski definition) is 2. The van der Waals surface area contributed by atoms with Crippen molar-refractivity contribution in [1.29, 1.82) is 0 Å². The van der Waals surface area contributed by atoms with Crippen molar-refractivity contribution in [3.8, 4) is 22.6 Å². The van der Waals surface area contributed by atoms with Crippen LogP contribution in [0.2, 0.25) is 0 Å². The summed E-state index contributed by atoms with van der Waals surface area (Å²) in [6.45, 7) is 6.55. The number of imidazole rings is 1. The van der Waals surface area contributed by atoms with Crippen LogP contribution in [-0.4, -0.2) is 46.1 Å². The molecule has 1 aromatic carbocycles. The number of hydrogen-bond acceptors (Lipinski definition) is 5. The summed E-state index contributed by atoms with van der Waals surface area (Å²) < 4.78 is 0. The number of nitrogens with one attached hydrogen (secondary N) is 2. The highest BCUT2D eigenvalue weighted by Crippen LogP contribution is 2.40. The van der Waals surface area contributed by atoms with E-state index in [1.54, 1.807) is 6.33 Å². The summed E-state index contributed by atoms with van der Waals surface area (Å²) in [5, 5.41) is 4.71. The van der Waals surface area contributed by atoms with Crippen molar-refractivity contribution in [2.75, 3.05) is 31.1 Å². The van der Waals surface area contributed by atoms with E-state index >= 15 is 0 Å². The number of rotatable bonds is 3. The molecule has 4 aromatic rings. The van der Waals surface area contributed by atoms with Crippen molar-refractivity contribution in [1.82, 2.24) is 25.3 Å². The third-order valence-corrected chi connectivity index (χ3v) is 6.70. The van der Waals surface area contributed by atoms with Crippen LogP contribution < -0.4 is 10.2 Å². The molecule has 6 rings (SSSR count). The van der Waals surface area contributed by atoms with Gasteiger partial charge in [-0.3, -0.25) is 9.97 Å². The monoisotopic (exact) mass is 410 g/mol. The van der Waals surface area contributed by atoms with Gasteiger partial charge in [-0.2, -0.15) is 0 Å². The van der Waals surface area contributed by atoms with E-state index in [-0.39, 0.29) is 0 Å². The molecular formula is C25H26N6. The first-order valence-electron chi connectivity index (χ1n) is 11.0. The minimum Gasteiger partial charge on any atom is -0.369 e. The Hall–Kier alpha value is -3.25. The molecule has 156 valence electrons. The lowest BCUT2D eigenvalue weighted by Crippen LogP contribution is -2.62. The fraction of sp³-hybridized carbons (Fsp3) is 0.320. The van der Waals surface area contributed by atoms with E-state index in [1.807, 2.05) is 31.3 Å². The first-order chi connectivity index (χ1) is 15.2. The van der Waals surface area contributed by atoms with Crippen LogP contribution >= 0.6 is 0 Å². The maximum Gasteiger partial charge on any atom is 0.0977 e. The van der Waals surface area contributed by atoms with Crippen LogP contribution in [-0.2, 0) is 0 Å². The lowest BCUT2D eigenvalue weighted by atomic mass is 9.74. The van der Waals surface area contributed by atoms with Gasteiger partial charge >= 0.3 is 0 Å². The zero-order valence-electron chi connectivity index (χ0n) is 17.7. The molecule has 2 fully saturated rings. The molecule has 2 saturated heterocycles. The summed E-state index contributed by atoms with van der Waals surface area (Å²) >= 11 is 0. The van der Waals surface area contributed by atoms with Gasteiger partial charge in [-0.1, -0.05) is 12.1 Å². The van der Waals surface area contributed by atoms with Gasteiger partial charge in [-0.25, -0.2) is 4.98 Å². The Balaban J connectivity index is 1.32. The van der Waals surface area contributed by atoms with Crippen LogP contribution in [0.4, 0.5) is 5.69 Å². The normalized spacial score (nSPS) is 17.8. The third kappa shape index (κ3) is 3.27. The molecule has 6 heteroatoms. The Kier molecular flexibility index (Phi) is 4.28. The van der Waals surface area contributed by atoms with Gasteiger partial charge < -0.3 is 15.2 Å². The number of piperidine rings is 1. The molecule has 3 aromatic heterocycles. The van der Waals surface area contributed by atoms with Crippen LogP contribution in [0, 0.1) is 12.3 Å². The second kappa shape index (κ2) is 7.17. The molecule has 31 heavy (non-hydrogen) atoms. The Bertz CT molecular complexity index is 1250. The van der Waals surface area contributed by atoms with Crippen LogP contribution in [0.3, 0.4) is 0 Å². The van der Waals surface area contributed by atoms with Crippen molar-refractivity contribution in [2.45, 2.75) is 19.8 Å². The number of aryl methyl sites for hydroxylation is 1. The number of fused-ring (bicyclic) bond motifs is 1. The van der Waals surface area contributed by atoms with Gasteiger partial charge in [0.1, 0.15) is 0 Å². The van der Waals surface area contributed by atoms with E-state index in [1.165, 1.54) is 18.5 Å². The van der Waals surface area contributed by atoms with E-state index < -0.39 is 0 Å². The van der Waals surface area contributed by atoms with E-state index in [0.29, 0.717) is 5.41 Å². The summed E-state index contributed by atoms with van der Waals surface area (Å²) in [5.41, 5.74) is 7.51. The molecule has 0 saturated carbocycles. The zero-order valence-corrected chi connectivity index (χ0v) is 17.7. The number of benzene rings is 1. The molecule has 0 atom stereocenters. The first-order valence-corrected chi connectivity index (χ1v) is 11.0. The van der Waals surface area contributed by atoms with Gasteiger partial charge in [0.25, 0.3) is 0 Å². The quantitative estimate of drug-likeness (QED) is 0.530. The van der Waals surface area contributed by atoms with Gasteiger partial charge in [-0.15, -0.1) is 0 Å². The highest BCUT2D eigenvalue weighted by molar-refractivity contribution is 5.88. The number of H-pyrrole nitrogens is 1. The average Bonchev–Trinajstić information content (AvgIpc) is 3.27. The lowest BCUT2D eigenvalue weighted by molar-refractivity contribution is 0.157. The van der Waals surface area contributed by atoms with Crippen LogP contribution in [0.15, 0.2) is 55.0 Å². The van der Waals surface area contributed by atoms with Gasteiger partial charge in [0.2, 0.25) is 0 Å². The number of pyridine rings is 2. The smallest absolute Gasteiger partial charge is 0.0977 e. The minimum atomic E-state index is 0.458. The van der Waals surface area contributed by atoms with E-state index in [0.717, 1.165) is 65.4 Å². The van der Waals surface area contributed by atoms with Crippen molar-refractivity contribution in [3.05, 3.63) is 60.7 Å². The van der Waals surface area contributed by atoms with Crippen molar-refractivity contribution in [2.24, 2.45) is 5.41 Å². The van der Waals surface area contributed by atoms with E-state index in [9.17, 15) is 0 Å². The standard InChI is InChI=1S/C25H26N6/c1-17-4-2-5-22(30-17)24-23(28-16-29-24)18-6-7-21-19(10-18)11-20(12-27-21)31-14-25(15-31)8-3-9-26-13-25/h2,4-7,10-12,16,26H,3,8-9,13-15H2,1H3,(H,28,29). The Morgan fingerprint density at radius 3 is 2.84 bits per heavy atom. The van der Waals surface area contributed by atoms with Gasteiger partial charge in [0.05, 0.1) is 40.8 Å². The van der Waals surface area contributed by atoms with Crippen LogP contribution in [0.5, 0.6) is 0 Å². The molecule has 0 radical (unpaired) electrons. The lowest BCUT2D eigenvalue weighted by Gasteiger charge is -2.53. The molecule has 0 bridgehead atoms. The van der Waals surface area contributed by atoms with Crippen LogP contribution in [0.1, 0.15) is 18.5 Å². The molecular weight excluding hydrogens is 384 g/mol. The highest BCUT2D eigenvalue weighted by atomic mass is 15.2. The molecule has 0 amide bonds. The van der Waals surface area contributed by atoms with E-state index in [2.05, 4.69) is 49.4 Å². The molecule has 2 aliphatic rings. The highest BCUT2D eigenvalue weighted by Gasteiger charge is 2.43. The first kappa shape index (κ1) is 18.5. The maximum atomic E-state index is 4.73. The van der Waals surface area contributed by atoms with Crippen molar-refractivity contribution < 1.29 is 0 Å².